The van der Waals surface area contributed by atoms with Crippen molar-refractivity contribution in [2.45, 2.75) is 25.7 Å². The summed E-state index contributed by atoms with van der Waals surface area (Å²) in [5.41, 5.74) is 9.63. The number of aryl methyl sites for hydroxylation is 3. The number of rotatable bonds is 3. The van der Waals surface area contributed by atoms with Gasteiger partial charge in [0.2, 0.25) is 0 Å². The molecule has 1 aromatic heterocycles. The fraction of sp³-hybridized carbons (Fsp3) is 0.429. The van der Waals surface area contributed by atoms with Gasteiger partial charge in [-0.05, 0) is 43.0 Å². The Labute approximate surface area is 107 Å². The molecule has 0 unspecified atom stereocenters. The SMILES string of the molecule is Cn1nc(-c2ccc3c(c2)CCC3)nc1CCN. The highest BCUT2D eigenvalue weighted by Crippen LogP contribution is 2.26. The zero-order valence-electron chi connectivity index (χ0n) is 10.7. The van der Waals surface area contributed by atoms with Gasteiger partial charge in [0.05, 0.1) is 0 Å². The van der Waals surface area contributed by atoms with E-state index in [0.29, 0.717) is 6.54 Å². The van der Waals surface area contributed by atoms with Crippen LogP contribution in [0.25, 0.3) is 11.4 Å². The van der Waals surface area contributed by atoms with Gasteiger partial charge in [-0.3, -0.25) is 4.68 Å². The van der Waals surface area contributed by atoms with Crippen LogP contribution in [-0.2, 0) is 26.3 Å². The molecule has 1 aliphatic rings. The lowest BCUT2D eigenvalue weighted by Gasteiger charge is -2.00. The van der Waals surface area contributed by atoms with Crippen molar-refractivity contribution in [2.75, 3.05) is 6.54 Å². The molecule has 4 heteroatoms. The summed E-state index contributed by atoms with van der Waals surface area (Å²) in [6.07, 6.45) is 4.44. The Kier molecular flexibility index (Phi) is 2.88. The fourth-order valence-electron chi connectivity index (χ4n) is 2.60. The molecular weight excluding hydrogens is 224 g/mol. The first-order valence-electron chi connectivity index (χ1n) is 6.50. The largest absolute Gasteiger partial charge is 0.330 e. The van der Waals surface area contributed by atoms with Gasteiger partial charge in [-0.2, -0.15) is 5.10 Å². The molecule has 2 N–H and O–H groups in total. The first kappa shape index (κ1) is 11.4. The topological polar surface area (TPSA) is 56.7 Å². The highest BCUT2D eigenvalue weighted by atomic mass is 15.3. The molecule has 0 atom stereocenters. The second-order valence-electron chi connectivity index (χ2n) is 4.85. The average Bonchev–Trinajstić information content (AvgIpc) is 2.96. The predicted molar refractivity (Wildman–Crippen MR) is 71.2 cm³/mol. The lowest BCUT2D eigenvalue weighted by atomic mass is 10.1. The summed E-state index contributed by atoms with van der Waals surface area (Å²) in [6.45, 7) is 0.607. The Balaban J connectivity index is 1.97. The van der Waals surface area contributed by atoms with E-state index >= 15 is 0 Å². The third kappa shape index (κ3) is 1.93. The first-order valence-corrected chi connectivity index (χ1v) is 6.50. The molecule has 0 spiro atoms. The molecular formula is C14H18N4. The van der Waals surface area contributed by atoms with Gasteiger partial charge in [0.25, 0.3) is 0 Å². The highest BCUT2D eigenvalue weighted by Gasteiger charge is 2.14. The number of nitrogens with two attached hydrogens (primary N) is 1. The molecule has 4 nitrogen and oxygen atoms in total. The van der Waals surface area contributed by atoms with Gasteiger partial charge in [-0.25, -0.2) is 4.98 Å². The van der Waals surface area contributed by atoms with E-state index < -0.39 is 0 Å². The summed E-state index contributed by atoms with van der Waals surface area (Å²) >= 11 is 0. The molecule has 1 aromatic carbocycles. The third-order valence-corrected chi connectivity index (χ3v) is 3.58. The van der Waals surface area contributed by atoms with Crippen LogP contribution in [-0.4, -0.2) is 21.3 Å². The number of benzene rings is 1. The van der Waals surface area contributed by atoms with Crippen LogP contribution in [0.2, 0.25) is 0 Å². The molecule has 0 amide bonds. The predicted octanol–water partition coefficient (Wildman–Crippen LogP) is 1.47. The van der Waals surface area contributed by atoms with E-state index in [4.69, 9.17) is 5.73 Å². The summed E-state index contributed by atoms with van der Waals surface area (Å²) in [7, 11) is 1.93. The lowest BCUT2D eigenvalue weighted by molar-refractivity contribution is 0.697. The molecule has 0 saturated carbocycles. The van der Waals surface area contributed by atoms with Crippen molar-refractivity contribution in [2.24, 2.45) is 12.8 Å². The van der Waals surface area contributed by atoms with Crippen molar-refractivity contribution < 1.29 is 0 Å². The third-order valence-electron chi connectivity index (χ3n) is 3.58. The lowest BCUT2D eigenvalue weighted by Crippen LogP contribution is -2.08. The smallest absolute Gasteiger partial charge is 0.181 e. The zero-order valence-corrected chi connectivity index (χ0v) is 10.7. The van der Waals surface area contributed by atoms with Crippen LogP contribution in [0.1, 0.15) is 23.4 Å². The standard InChI is InChI=1S/C14H18N4/c1-18-13(7-8-15)16-14(17-18)12-6-5-10-3-2-4-11(10)9-12/h5-6,9H,2-4,7-8,15H2,1H3. The summed E-state index contributed by atoms with van der Waals surface area (Å²) in [5.74, 6) is 1.77. The maximum absolute atomic E-state index is 5.57. The average molecular weight is 242 g/mol. The Bertz CT molecular complexity index is 571. The van der Waals surface area contributed by atoms with Gasteiger partial charge in [-0.1, -0.05) is 12.1 Å². The van der Waals surface area contributed by atoms with Crippen molar-refractivity contribution >= 4 is 0 Å². The first-order chi connectivity index (χ1) is 8.78. The molecule has 1 heterocycles. The summed E-state index contributed by atoms with van der Waals surface area (Å²) < 4.78 is 1.83. The number of nitrogens with zero attached hydrogens (tertiary/aromatic N) is 3. The van der Waals surface area contributed by atoms with Crippen molar-refractivity contribution in [1.82, 2.24) is 14.8 Å². The molecule has 0 fully saturated rings. The van der Waals surface area contributed by atoms with Crippen LogP contribution >= 0.6 is 0 Å². The van der Waals surface area contributed by atoms with Gasteiger partial charge >= 0.3 is 0 Å². The second kappa shape index (κ2) is 4.53. The van der Waals surface area contributed by atoms with E-state index in [9.17, 15) is 0 Å². The molecule has 1 aliphatic carbocycles. The van der Waals surface area contributed by atoms with Gasteiger partial charge in [0.15, 0.2) is 5.82 Å². The van der Waals surface area contributed by atoms with Crippen LogP contribution in [0.15, 0.2) is 18.2 Å². The van der Waals surface area contributed by atoms with Crippen molar-refractivity contribution in [3.05, 3.63) is 35.2 Å². The molecule has 18 heavy (non-hydrogen) atoms. The van der Waals surface area contributed by atoms with Crippen LogP contribution in [0.3, 0.4) is 0 Å². The summed E-state index contributed by atoms with van der Waals surface area (Å²) in [6, 6.07) is 6.59. The van der Waals surface area contributed by atoms with E-state index in [1.54, 1.807) is 0 Å². The number of fused-ring (bicyclic) bond motifs is 1. The van der Waals surface area contributed by atoms with Gasteiger partial charge in [-0.15, -0.1) is 0 Å². The maximum Gasteiger partial charge on any atom is 0.181 e. The minimum absolute atomic E-state index is 0.607. The van der Waals surface area contributed by atoms with Crippen LogP contribution < -0.4 is 5.73 Å². The molecule has 94 valence electrons. The number of aromatic nitrogens is 3. The number of hydrogen-bond donors (Lipinski definition) is 1. The van der Waals surface area contributed by atoms with Crippen LogP contribution in [0.5, 0.6) is 0 Å². The Morgan fingerprint density at radius 3 is 2.94 bits per heavy atom. The van der Waals surface area contributed by atoms with Crippen molar-refractivity contribution in [1.29, 1.82) is 0 Å². The van der Waals surface area contributed by atoms with Gasteiger partial charge < -0.3 is 5.73 Å². The molecule has 0 saturated heterocycles. The second-order valence-corrected chi connectivity index (χ2v) is 4.85. The van der Waals surface area contributed by atoms with E-state index in [2.05, 4.69) is 28.3 Å². The van der Waals surface area contributed by atoms with Crippen LogP contribution in [0.4, 0.5) is 0 Å². The van der Waals surface area contributed by atoms with E-state index in [0.717, 1.165) is 23.6 Å². The zero-order chi connectivity index (χ0) is 12.5. The fourth-order valence-corrected chi connectivity index (χ4v) is 2.60. The minimum Gasteiger partial charge on any atom is -0.330 e. The number of hydrogen-bond acceptors (Lipinski definition) is 3. The quantitative estimate of drug-likeness (QED) is 0.886. The van der Waals surface area contributed by atoms with E-state index in [-0.39, 0.29) is 0 Å². The van der Waals surface area contributed by atoms with Gasteiger partial charge in [0.1, 0.15) is 5.82 Å². The molecule has 3 rings (SSSR count). The maximum atomic E-state index is 5.57. The van der Waals surface area contributed by atoms with Gasteiger partial charge in [0, 0.05) is 19.0 Å². The molecule has 0 radical (unpaired) electrons. The van der Waals surface area contributed by atoms with Crippen molar-refractivity contribution in [3.63, 3.8) is 0 Å². The van der Waals surface area contributed by atoms with Crippen molar-refractivity contribution in [3.8, 4) is 11.4 Å². The van der Waals surface area contributed by atoms with E-state index in [1.165, 1.54) is 30.4 Å². The molecule has 2 aromatic rings. The highest BCUT2D eigenvalue weighted by molar-refractivity contribution is 5.58. The normalized spacial score (nSPS) is 13.9. The Morgan fingerprint density at radius 2 is 2.11 bits per heavy atom. The Morgan fingerprint density at radius 1 is 1.28 bits per heavy atom. The minimum atomic E-state index is 0.607. The molecule has 0 bridgehead atoms. The van der Waals surface area contributed by atoms with E-state index in [1.807, 2.05) is 11.7 Å². The Hall–Kier alpha value is -1.68. The van der Waals surface area contributed by atoms with Crippen LogP contribution in [0, 0.1) is 0 Å². The molecule has 0 aliphatic heterocycles. The summed E-state index contributed by atoms with van der Waals surface area (Å²) in [5, 5.41) is 4.47. The summed E-state index contributed by atoms with van der Waals surface area (Å²) in [4.78, 5) is 4.57. The monoisotopic (exact) mass is 242 g/mol.